The fraction of sp³-hybridized carbons (Fsp3) is 0.375. The molecule has 1 N–H and O–H groups in total. The first-order valence-corrected chi connectivity index (χ1v) is 15.2. The van der Waals surface area contributed by atoms with Gasteiger partial charge < -0.3 is 10.2 Å². The average Bonchev–Trinajstić information content (AvgIpc) is 2.92. The van der Waals surface area contributed by atoms with Gasteiger partial charge in [0.25, 0.3) is 10.0 Å². The SMILES string of the molecule is CCC(C)NC(=O)C(CC)N(Cc1cccc(C)c1)C(=O)CN(c1ccccc1C)S(=O)(=O)c1ccc(C)cc1. The van der Waals surface area contributed by atoms with Gasteiger partial charge in [0.1, 0.15) is 12.6 Å². The van der Waals surface area contributed by atoms with E-state index in [9.17, 15) is 18.0 Å². The van der Waals surface area contributed by atoms with Gasteiger partial charge in [-0.2, -0.15) is 0 Å². The first-order valence-electron chi connectivity index (χ1n) is 13.8. The van der Waals surface area contributed by atoms with Gasteiger partial charge in [0.2, 0.25) is 11.8 Å². The predicted octanol–water partition coefficient (Wildman–Crippen LogP) is 5.53. The number of anilines is 1. The zero-order valence-corrected chi connectivity index (χ0v) is 25.2. The number of hydrogen-bond donors (Lipinski definition) is 1. The lowest BCUT2D eigenvalue weighted by molar-refractivity contribution is -0.140. The molecule has 0 saturated carbocycles. The van der Waals surface area contributed by atoms with Crippen LogP contribution in [-0.4, -0.2) is 43.8 Å². The maximum absolute atomic E-state index is 14.2. The Morgan fingerprint density at radius 3 is 2.12 bits per heavy atom. The number of rotatable bonds is 12. The van der Waals surface area contributed by atoms with E-state index in [1.54, 1.807) is 36.4 Å². The Bertz CT molecular complexity index is 1420. The second kappa shape index (κ2) is 13.6. The predicted molar refractivity (Wildman–Crippen MR) is 161 cm³/mol. The molecule has 8 heteroatoms. The molecule has 0 aliphatic rings. The van der Waals surface area contributed by atoms with Gasteiger partial charge in [-0.25, -0.2) is 8.42 Å². The van der Waals surface area contributed by atoms with Gasteiger partial charge in [-0.15, -0.1) is 0 Å². The minimum Gasteiger partial charge on any atom is -0.352 e. The van der Waals surface area contributed by atoms with Gasteiger partial charge in [-0.05, 0) is 69.9 Å². The van der Waals surface area contributed by atoms with Crippen molar-refractivity contribution in [3.05, 3.63) is 95.1 Å². The molecule has 214 valence electrons. The van der Waals surface area contributed by atoms with E-state index in [0.29, 0.717) is 12.1 Å². The smallest absolute Gasteiger partial charge is 0.264 e. The van der Waals surface area contributed by atoms with Crippen LogP contribution >= 0.6 is 0 Å². The molecule has 2 atom stereocenters. The van der Waals surface area contributed by atoms with Gasteiger partial charge in [0.05, 0.1) is 10.6 Å². The van der Waals surface area contributed by atoms with Crippen LogP contribution in [0.4, 0.5) is 5.69 Å². The zero-order chi connectivity index (χ0) is 29.4. The maximum Gasteiger partial charge on any atom is 0.264 e. The van der Waals surface area contributed by atoms with E-state index in [0.717, 1.165) is 33.0 Å². The highest BCUT2D eigenvalue weighted by Gasteiger charge is 2.34. The standard InChI is InChI=1S/C32H41N3O4S/c1-7-26(6)33-32(37)29(8-2)34(21-27-14-11-12-24(4)20-27)31(36)22-35(30-15-10-9-13-25(30)5)40(38,39)28-18-16-23(3)17-19-28/h9-20,26,29H,7-8,21-22H2,1-6H3,(H,33,37). The van der Waals surface area contributed by atoms with Crippen molar-refractivity contribution in [2.45, 2.75) is 77.9 Å². The summed E-state index contributed by atoms with van der Waals surface area (Å²) in [5.74, 6) is -0.701. The van der Waals surface area contributed by atoms with E-state index in [1.807, 2.05) is 77.9 Å². The molecule has 3 aromatic carbocycles. The molecule has 40 heavy (non-hydrogen) atoms. The highest BCUT2D eigenvalue weighted by Crippen LogP contribution is 2.28. The number of carbonyl (C=O) groups is 2. The number of para-hydroxylation sites is 1. The fourth-order valence-corrected chi connectivity index (χ4v) is 6.04. The summed E-state index contributed by atoms with van der Waals surface area (Å²) < 4.78 is 29.1. The molecule has 0 aliphatic carbocycles. The molecular formula is C32H41N3O4S. The summed E-state index contributed by atoms with van der Waals surface area (Å²) in [6, 6.07) is 20.6. The fourth-order valence-electron chi connectivity index (χ4n) is 4.56. The highest BCUT2D eigenvalue weighted by molar-refractivity contribution is 7.92. The Hall–Kier alpha value is -3.65. The third-order valence-corrected chi connectivity index (χ3v) is 8.87. The second-order valence-electron chi connectivity index (χ2n) is 10.4. The third kappa shape index (κ3) is 7.50. The van der Waals surface area contributed by atoms with E-state index < -0.39 is 28.5 Å². The molecule has 0 saturated heterocycles. The van der Waals surface area contributed by atoms with Crippen LogP contribution in [0.2, 0.25) is 0 Å². The Morgan fingerprint density at radius 1 is 0.850 bits per heavy atom. The molecular weight excluding hydrogens is 522 g/mol. The molecule has 3 rings (SSSR count). The van der Waals surface area contributed by atoms with E-state index in [1.165, 1.54) is 4.90 Å². The molecule has 0 spiro atoms. The van der Waals surface area contributed by atoms with Crippen LogP contribution in [0.15, 0.2) is 77.7 Å². The van der Waals surface area contributed by atoms with Crippen molar-refractivity contribution in [3.8, 4) is 0 Å². The largest absolute Gasteiger partial charge is 0.352 e. The van der Waals surface area contributed by atoms with Crippen LogP contribution in [0.5, 0.6) is 0 Å². The number of benzene rings is 3. The van der Waals surface area contributed by atoms with Gasteiger partial charge in [-0.3, -0.25) is 13.9 Å². The topological polar surface area (TPSA) is 86.8 Å². The minimum atomic E-state index is -4.09. The van der Waals surface area contributed by atoms with Gasteiger partial charge in [0, 0.05) is 12.6 Å². The summed E-state index contributed by atoms with van der Waals surface area (Å²) in [6.07, 6.45) is 1.14. The molecule has 0 aliphatic heterocycles. The van der Waals surface area contributed by atoms with Gasteiger partial charge in [-0.1, -0.05) is 79.6 Å². The zero-order valence-electron chi connectivity index (χ0n) is 24.3. The van der Waals surface area contributed by atoms with Crippen molar-refractivity contribution in [1.82, 2.24) is 10.2 Å². The lowest BCUT2D eigenvalue weighted by Crippen LogP contribution is -2.53. The van der Waals surface area contributed by atoms with Crippen LogP contribution in [0.1, 0.15) is 55.9 Å². The molecule has 0 heterocycles. The van der Waals surface area contributed by atoms with Crippen molar-refractivity contribution < 1.29 is 18.0 Å². The molecule has 2 unspecified atom stereocenters. The Labute approximate surface area is 239 Å². The quantitative estimate of drug-likeness (QED) is 0.314. The van der Waals surface area contributed by atoms with Gasteiger partial charge in [0.15, 0.2) is 0 Å². The van der Waals surface area contributed by atoms with E-state index in [4.69, 9.17) is 0 Å². The molecule has 3 aromatic rings. The number of aryl methyl sites for hydroxylation is 3. The van der Waals surface area contributed by atoms with E-state index in [-0.39, 0.29) is 23.4 Å². The van der Waals surface area contributed by atoms with Crippen molar-refractivity contribution >= 4 is 27.5 Å². The highest BCUT2D eigenvalue weighted by atomic mass is 32.2. The normalized spacial score (nSPS) is 12.8. The number of nitrogens with zero attached hydrogens (tertiary/aromatic N) is 2. The summed E-state index contributed by atoms with van der Waals surface area (Å²) in [7, 11) is -4.09. The number of sulfonamides is 1. The molecule has 0 aromatic heterocycles. The first-order chi connectivity index (χ1) is 19.0. The Morgan fingerprint density at radius 2 is 1.52 bits per heavy atom. The van der Waals surface area contributed by atoms with Gasteiger partial charge >= 0.3 is 0 Å². The number of amides is 2. The molecule has 7 nitrogen and oxygen atoms in total. The van der Waals surface area contributed by atoms with E-state index in [2.05, 4.69) is 5.32 Å². The number of hydrogen-bond acceptors (Lipinski definition) is 4. The second-order valence-corrected chi connectivity index (χ2v) is 12.2. The molecule has 2 amide bonds. The average molecular weight is 564 g/mol. The summed E-state index contributed by atoms with van der Waals surface area (Å²) in [6.45, 7) is 11.2. The number of nitrogens with one attached hydrogen (secondary N) is 1. The summed E-state index contributed by atoms with van der Waals surface area (Å²) in [5.41, 5.74) is 3.97. The van der Waals surface area contributed by atoms with Crippen LogP contribution in [0.3, 0.4) is 0 Å². The summed E-state index contributed by atoms with van der Waals surface area (Å²) in [4.78, 5) is 29.1. The lowest BCUT2D eigenvalue weighted by atomic mass is 10.1. The summed E-state index contributed by atoms with van der Waals surface area (Å²) >= 11 is 0. The van der Waals surface area contributed by atoms with Crippen LogP contribution < -0.4 is 9.62 Å². The van der Waals surface area contributed by atoms with Crippen LogP contribution in [0.25, 0.3) is 0 Å². The molecule has 0 bridgehead atoms. The monoisotopic (exact) mass is 563 g/mol. The molecule has 0 radical (unpaired) electrons. The Kier molecular flexibility index (Phi) is 10.5. The van der Waals surface area contributed by atoms with Crippen molar-refractivity contribution in [2.24, 2.45) is 0 Å². The van der Waals surface area contributed by atoms with E-state index >= 15 is 0 Å². The van der Waals surface area contributed by atoms with Crippen LogP contribution in [0, 0.1) is 20.8 Å². The Balaban J connectivity index is 2.07. The van der Waals surface area contributed by atoms with Crippen molar-refractivity contribution in [1.29, 1.82) is 0 Å². The van der Waals surface area contributed by atoms with Crippen LogP contribution in [-0.2, 0) is 26.2 Å². The third-order valence-electron chi connectivity index (χ3n) is 7.09. The summed E-state index contributed by atoms with van der Waals surface area (Å²) in [5, 5.41) is 3.00. The van der Waals surface area contributed by atoms with Crippen molar-refractivity contribution in [2.75, 3.05) is 10.8 Å². The number of carbonyl (C=O) groups excluding carboxylic acids is 2. The van der Waals surface area contributed by atoms with Crippen molar-refractivity contribution in [3.63, 3.8) is 0 Å². The first kappa shape index (κ1) is 30.9. The minimum absolute atomic E-state index is 0.0529. The lowest BCUT2D eigenvalue weighted by Gasteiger charge is -2.34. The maximum atomic E-state index is 14.2. The molecule has 0 fully saturated rings.